The number of rotatable bonds is 0. The lowest BCUT2D eigenvalue weighted by Gasteiger charge is -2.01. The van der Waals surface area contributed by atoms with Gasteiger partial charge in [-0.25, -0.2) is 0 Å². The maximum Gasteiger partial charge on any atom is 0.119 e. The highest BCUT2D eigenvalue weighted by Gasteiger charge is 2.19. The number of phenolic OH excluding ortho intramolecular Hbond substituents is 1. The normalized spacial score (nSPS) is 12.3. The molecule has 0 bridgehead atoms. The van der Waals surface area contributed by atoms with Crippen LogP contribution in [0.5, 0.6) is 5.75 Å². The van der Waals surface area contributed by atoms with Crippen molar-refractivity contribution in [1.29, 1.82) is 0 Å². The molecule has 0 unspecified atom stereocenters. The molecule has 1 nitrogen and oxygen atoms in total. The van der Waals surface area contributed by atoms with Crippen molar-refractivity contribution in [3.63, 3.8) is 0 Å². The number of aromatic hydroxyl groups is 1. The van der Waals surface area contributed by atoms with Crippen LogP contribution in [0.1, 0.15) is 11.1 Å². The van der Waals surface area contributed by atoms with E-state index in [4.69, 9.17) is 0 Å². The first-order valence-electron chi connectivity index (χ1n) is 4.75. The molecular formula is C13H10O. The van der Waals surface area contributed by atoms with Gasteiger partial charge in [0.2, 0.25) is 0 Å². The van der Waals surface area contributed by atoms with E-state index in [1.807, 2.05) is 18.2 Å². The van der Waals surface area contributed by atoms with E-state index < -0.39 is 0 Å². The van der Waals surface area contributed by atoms with Gasteiger partial charge in [0.15, 0.2) is 0 Å². The van der Waals surface area contributed by atoms with Crippen LogP contribution in [-0.2, 0) is 6.42 Å². The van der Waals surface area contributed by atoms with E-state index in [1.165, 1.54) is 16.7 Å². The Kier molecular flexibility index (Phi) is 1.42. The zero-order valence-electron chi connectivity index (χ0n) is 7.70. The van der Waals surface area contributed by atoms with E-state index in [0.717, 1.165) is 12.0 Å². The minimum Gasteiger partial charge on any atom is -0.508 e. The smallest absolute Gasteiger partial charge is 0.119 e. The molecule has 0 radical (unpaired) electrons. The zero-order chi connectivity index (χ0) is 9.54. The molecule has 68 valence electrons. The van der Waals surface area contributed by atoms with Crippen molar-refractivity contribution in [2.24, 2.45) is 0 Å². The second-order valence-corrected chi connectivity index (χ2v) is 3.64. The molecule has 2 aromatic carbocycles. The molecule has 0 aromatic heterocycles. The fraction of sp³-hybridized carbons (Fsp3) is 0.0769. The Labute approximate surface area is 82.6 Å². The Morgan fingerprint density at radius 2 is 1.64 bits per heavy atom. The minimum atomic E-state index is 0.415. The van der Waals surface area contributed by atoms with Gasteiger partial charge < -0.3 is 5.11 Å². The summed E-state index contributed by atoms with van der Waals surface area (Å²) in [5, 5.41) is 9.70. The highest BCUT2D eigenvalue weighted by molar-refractivity contribution is 5.78. The van der Waals surface area contributed by atoms with Crippen LogP contribution in [0.15, 0.2) is 42.5 Å². The van der Waals surface area contributed by atoms with Crippen LogP contribution in [0.3, 0.4) is 0 Å². The van der Waals surface area contributed by atoms with Gasteiger partial charge in [0, 0.05) is 12.0 Å². The van der Waals surface area contributed by atoms with Gasteiger partial charge in [-0.2, -0.15) is 0 Å². The van der Waals surface area contributed by atoms with Crippen LogP contribution in [0.25, 0.3) is 11.1 Å². The summed E-state index contributed by atoms with van der Waals surface area (Å²) in [7, 11) is 0. The largest absolute Gasteiger partial charge is 0.508 e. The quantitative estimate of drug-likeness (QED) is 0.575. The molecule has 1 N–H and O–H groups in total. The summed E-state index contributed by atoms with van der Waals surface area (Å²) in [6, 6.07) is 14.0. The highest BCUT2D eigenvalue weighted by atomic mass is 16.3. The lowest BCUT2D eigenvalue weighted by atomic mass is 10.1. The number of phenols is 1. The second-order valence-electron chi connectivity index (χ2n) is 3.64. The maximum atomic E-state index is 9.70. The average Bonchev–Trinajstić information content (AvgIpc) is 2.59. The van der Waals surface area contributed by atoms with Crippen molar-refractivity contribution >= 4 is 0 Å². The summed E-state index contributed by atoms with van der Waals surface area (Å²) in [4.78, 5) is 0. The molecule has 0 fully saturated rings. The van der Waals surface area contributed by atoms with Crippen LogP contribution in [-0.4, -0.2) is 5.11 Å². The predicted octanol–water partition coefficient (Wildman–Crippen LogP) is 2.96. The van der Waals surface area contributed by atoms with Crippen molar-refractivity contribution in [3.05, 3.63) is 53.6 Å². The standard InChI is InChI=1S/C13H10O/c14-13-7-3-6-11-10-5-2-1-4-9(10)8-12(11)13/h1-7,14H,8H2/i1+1,2+1,4+1,5+1,9+1,10+1. The van der Waals surface area contributed by atoms with Crippen molar-refractivity contribution in [2.75, 3.05) is 0 Å². The lowest BCUT2D eigenvalue weighted by molar-refractivity contribution is 0.470. The summed E-state index contributed by atoms with van der Waals surface area (Å²) in [6.07, 6.45) is 0.859. The van der Waals surface area contributed by atoms with Gasteiger partial charge in [-0.05, 0) is 22.8 Å². The van der Waals surface area contributed by atoms with E-state index in [0.29, 0.717) is 5.75 Å². The Morgan fingerprint density at radius 3 is 2.57 bits per heavy atom. The van der Waals surface area contributed by atoms with Crippen LogP contribution in [0.2, 0.25) is 0 Å². The van der Waals surface area contributed by atoms with Gasteiger partial charge >= 0.3 is 0 Å². The SMILES string of the molecule is Oc1cccc2c1C[13c]1[13cH][13cH][13cH][13cH][13c]1-2. The molecule has 0 atom stereocenters. The van der Waals surface area contributed by atoms with Crippen molar-refractivity contribution < 1.29 is 5.11 Å². The summed E-state index contributed by atoms with van der Waals surface area (Å²) in [5.74, 6) is 0.415. The molecule has 14 heavy (non-hydrogen) atoms. The molecule has 0 aliphatic heterocycles. The molecule has 1 aliphatic rings. The van der Waals surface area contributed by atoms with Gasteiger partial charge in [0.25, 0.3) is 0 Å². The number of fused-ring (bicyclic) bond motifs is 3. The number of hydrogen-bond acceptors (Lipinski definition) is 1. The molecule has 0 heterocycles. The molecule has 2 aromatic rings. The third kappa shape index (κ3) is 0.896. The highest BCUT2D eigenvalue weighted by Crippen LogP contribution is 2.40. The number of benzene rings is 2. The van der Waals surface area contributed by atoms with Crippen LogP contribution in [0, 0.1) is 0 Å². The van der Waals surface area contributed by atoms with Crippen molar-refractivity contribution in [2.45, 2.75) is 6.42 Å². The minimum absolute atomic E-state index is 0.415. The molecule has 0 saturated carbocycles. The fourth-order valence-corrected chi connectivity index (χ4v) is 2.14. The van der Waals surface area contributed by atoms with E-state index in [9.17, 15) is 5.11 Å². The molecule has 1 heteroatoms. The molecule has 3 rings (SSSR count). The van der Waals surface area contributed by atoms with Gasteiger partial charge in [0.05, 0.1) is 0 Å². The maximum absolute atomic E-state index is 9.70. The Hall–Kier alpha value is -1.76. The van der Waals surface area contributed by atoms with E-state index in [1.54, 1.807) is 6.07 Å². The Bertz CT molecular complexity index is 500. The van der Waals surface area contributed by atoms with Crippen LogP contribution >= 0.6 is 0 Å². The van der Waals surface area contributed by atoms with E-state index in [2.05, 4.69) is 18.2 Å². The first kappa shape index (κ1) is 7.63. The average molecular weight is 188 g/mol. The summed E-state index contributed by atoms with van der Waals surface area (Å²) < 4.78 is 0. The van der Waals surface area contributed by atoms with Crippen LogP contribution in [0.4, 0.5) is 0 Å². The first-order valence-corrected chi connectivity index (χ1v) is 4.75. The van der Waals surface area contributed by atoms with Crippen LogP contribution < -0.4 is 0 Å². The lowest BCUT2D eigenvalue weighted by Crippen LogP contribution is -1.80. The summed E-state index contributed by atoms with van der Waals surface area (Å²) >= 11 is 0. The van der Waals surface area contributed by atoms with E-state index in [-0.39, 0.29) is 0 Å². The monoisotopic (exact) mass is 188 g/mol. The van der Waals surface area contributed by atoms with E-state index >= 15 is 0 Å². The molecule has 1 aliphatic carbocycles. The van der Waals surface area contributed by atoms with Gasteiger partial charge in [-0.1, -0.05) is 36.4 Å². The molecule has 0 spiro atoms. The van der Waals surface area contributed by atoms with Gasteiger partial charge in [-0.15, -0.1) is 0 Å². The topological polar surface area (TPSA) is 20.2 Å². The van der Waals surface area contributed by atoms with Crippen molar-refractivity contribution in [1.82, 2.24) is 0 Å². The second kappa shape index (κ2) is 2.61. The van der Waals surface area contributed by atoms with Gasteiger partial charge in [0.1, 0.15) is 5.75 Å². The molecule has 0 amide bonds. The summed E-state index contributed by atoms with van der Waals surface area (Å²) in [5.41, 5.74) is 4.82. The Balaban J connectivity index is 2.33. The first-order chi connectivity index (χ1) is 6.86. The van der Waals surface area contributed by atoms with Crippen molar-refractivity contribution in [3.8, 4) is 16.9 Å². The zero-order valence-corrected chi connectivity index (χ0v) is 7.70. The third-order valence-electron chi connectivity index (χ3n) is 2.83. The third-order valence-corrected chi connectivity index (χ3v) is 2.83. The fourth-order valence-electron chi connectivity index (χ4n) is 2.14. The number of hydrogen-bond donors (Lipinski definition) is 1. The molecular weight excluding hydrogens is 178 g/mol. The molecule has 0 saturated heterocycles. The van der Waals surface area contributed by atoms with Gasteiger partial charge in [-0.3, -0.25) is 0 Å². The predicted molar refractivity (Wildman–Crippen MR) is 56.3 cm³/mol. The Morgan fingerprint density at radius 1 is 0.857 bits per heavy atom. The summed E-state index contributed by atoms with van der Waals surface area (Å²) in [6.45, 7) is 0.